The average Bonchev–Trinajstić information content (AvgIpc) is 2.90. The summed E-state index contributed by atoms with van der Waals surface area (Å²) >= 11 is 0. The molecule has 2 aromatic rings. The molecular weight excluding hydrogens is 285 g/mol. The lowest BCUT2D eigenvalue weighted by Gasteiger charge is -2.17. The molecule has 21 heavy (non-hydrogen) atoms. The van der Waals surface area contributed by atoms with Gasteiger partial charge in [-0.25, -0.2) is 0 Å². The maximum absolute atomic E-state index is 13.1. The number of hydrogen-bond donors (Lipinski definition) is 1. The zero-order valence-corrected chi connectivity index (χ0v) is 11.4. The molecule has 0 saturated carbocycles. The highest BCUT2D eigenvalue weighted by molar-refractivity contribution is 6.00. The summed E-state index contributed by atoms with van der Waals surface area (Å²) in [5.41, 5.74) is 4.22. The number of furan rings is 1. The van der Waals surface area contributed by atoms with E-state index in [1.807, 2.05) is 0 Å². The van der Waals surface area contributed by atoms with Crippen LogP contribution in [0.5, 0.6) is 0 Å². The average molecular weight is 298 g/mol. The first-order chi connectivity index (χ1) is 9.71. The van der Waals surface area contributed by atoms with Crippen LogP contribution in [0.15, 0.2) is 34.9 Å². The molecule has 0 fully saturated rings. The Kier molecular flexibility index (Phi) is 3.67. The van der Waals surface area contributed by atoms with Gasteiger partial charge in [0.2, 0.25) is 0 Å². The van der Waals surface area contributed by atoms with Gasteiger partial charge in [0.1, 0.15) is 5.76 Å². The van der Waals surface area contributed by atoms with Gasteiger partial charge in [-0.1, -0.05) is 0 Å². The zero-order valence-electron chi connectivity index (χ0n) is 11.4. The Morgan fingerprint density at radius 1 is 1.29 bits per heavy atom. The number of alkyl halides is 3. The Hall–Kier alpha value is -2.44. The summed E-state index contributed by atoms with van der Waals surface area (Å²) in [6.07, 6.45) is -3.34. The molecule has 0 aliphatic heterocycles. The van der Waals surface area contributed by atoms with Gasteiger partial charge in [-0.3, -0.25) is 4.79 Å². The summed E-state index contributed by atoms with van der Waals surface area (Å²) < 4.78 is 44.4. The van der Waals surface area contributed by atoms with Crippen molar-refractivity contribution in [2.24, 2.45) is 0 Å². The van der Waals surface area contributed by atoms with Crippen molar-refractivity contribution in [3.8, 4) is 11.3 Å². The van der Waals surface area contributed by atoms with Gasteiger partial charge in [-0.2, -0.15) is 13.2 Å². The van der Waals surface area contributed by atoms with E-state index in [9.17, 15) is 18.0 Å². The fourth-order valence-corrected chi connectivity index (χ4v) is 1.91. The highest BCUT2D eigenvalue weighted by atomic mass is 19.4. The van der Waals surface area contributed by atoms with Crippen LogP contribution in [0.1, 0.15) is 15.9 Å². The van der Waals surface area contributed by atoms with Gasteiger partial charge in [0, 0.05) is 25.3 Å². The lowest BCUT2D eigenvalue weighted by Crippen LogP contribution is -2.23. The van der Waals surface area contributed by atoms with Crippen molar-refractivity contribution in [1.29, 1.82) is 0 Å². The molecule has 2 rings (SSSR count). The van der Waals surface area contributed by atoms with Crippen molar-refractivity contribution >= 4 is 11.6 Å². The second kappa shape index (κ2) is 5.16. The Labute approximate surface area is 119 Å². The van der Waals surface area contributed by atoms with Crippen LogP contribution in [0.4, 0.5) is 18.9 Å². The molecule has 1 amide bonds. The molecule has 4 nitrogen and oxygen atoms in total. The van der Waals surface area contributed by atoms with Crippen molar-refractivity contribution in [2.75, 3.05) is 19.8 Å². The van der Waals surface area contributed by atoms with Gasteiger partial charge in [0.05, 0.1) is 17.4 Å². The standard InChI is InChI=1S/C14H13F3N2O2/c1-19(2)13(20)9-6-8(12-4-3-5-21-12)10(7-11(9)18)14(15,16)17/h3-7H,18H2,1-2H3. The smallest absolute Gasteiger partial charge is 0.417 e. The highest BCUT2D eigenvalue weighted by Gasteiger charge is 2.35. The molecular formula is C14H13F3N2O2. The summed E-state index contributed by atoms with van der Waals surface area (Å²) in [5, 5.41) is 0. The normalized spacial score (nSPS) is 11.5. The number of carbonyl (C=O) groups is 1. The van der Waals surface area contributed by atoms with Crippen molar-refractivity contribution in [3.63, 3.8) is 0 Å². The summed E-state index contributed by atoms with van der Waals surface area (Å²) in [5.74, 6) is -0.454. The van der Waals surface area contributed by atoms with Crippen LogP contribution in [-0.2, 0) is 6.18 Å². The van der Waals surface area contributed by atoms with Gasteiger partial charge in [0.15, 0.2) is 0 Å². The molecule has 1 heterocycles. The third-order valence-corrected chi connectivity index (χ3v) is 2.92. The first-order valence-corrected chi connectivity index (χ1v) is 5.98. The fraction of sp³-hybridized carbons (Fsp3) is 0.214. The summed E-state index contributed by atoms with van der Waals surface area (Å²) in [6.45, 7) is 0. The van der Waals surface area contributed by atoms with E-state index in [4.69, 9.17) is 10.2 Å². The minimum Gasteiger partial charge on any atom is -0.464 e. The first kappa shape index (κ1) is 15.0. The van der Waals surface area contributed by atoms with Crippen LogP contribution in [0.25, 0.3) is 11.3 Å². The van der Waals surface area contributed by atoms with Gasteiger partial charge in [-0.05, 0) is 24.3 Å². The molecule has 1 aromatic heterocycles. The van der Waals surface area contributed by atoms with Gasteiger partial charge in [-0.15, -0.1) is 0 Å². The number of anilines is 1. The number of nitrogen functional groups attached to an aromatic ring is 1. The molecule has 7 heteroatoms. The van der Waals surface area contributed by atoms with Crippen LogP contribution < -0.4 is 5.73 Å². The van der Waals surface area contributed by atoms with Crippen LogP contribution >= 0.6 is 0 Å². The molecule has 0 spiro atoms. The predicted molar refractivity (Wildman–Crippen MR) is 71.6 cm³/mol. The fourth-order valence-electron chi connectivity index (χ4n) is 1.91. The third-order valence-electron chi connectivity index (χ3n) is 2.92. The van der Waals surface area contributed by atoms with Crippen molar-refractivity contribution in [2.45, 2.75) is 6.18 Å². The van der Waals surface area contributed by atoms with E-state index in [1.165, 1.54) is 37.4 Å². The van der Waals surface area contributed by atoms with Crippen LogP contribution in [0, 0.1) is 0 Å². The van der Waals surface area contributed by atoms with Gasteiger partial charge >= 0.3 is 6.18 Å². The number of nitrogens with two attached hydrogens (primary N) is 1. The minimum absolute atomic E-state index is 0.000556. The molecule has 0 unspecified atom stereocenters. The molecule has 0 aliphatic carbocycles. The Bertz CT molecular complexity index is 662. The predicted octanol–water partition coefficient (Wildman–Crippen LogP) is 3.25. The topological polar surface area (TPSA) is 59.5 Å². The van der Waals surface area contributed by atoms with Crippen molar-refractivity contribution in [1.82, 2.24) is 4.90 Å². The maximum Gasteiger partial charge on any atom is 0.417 e. The number of rotatable bonds is 2. The molecule has 0 atom stereocenters. The molecule has 0 aliphatic rings. The summed E-state index contributed by atoms with van der Waals surface area (Å²) in [7, 11) is 2.98. The van der Waals surface area contributed by atoms with Crippen molar-refractivity contribution < 1.29 is 22.4 Å². The van der Waals surface area contributed by atoms with E-state index >= 15 is 0 Å². The SMILES string of the molecule is CN(C)C(=O)c1cc(-c2ccco2)c(C(F)(F)F)cc1N. The number of nitrogens with zero attached hydrogens (tertiary/aromatic N) is 1. The molecule has 112 valence electrons. The second-order valence-corrected chi connectivity index (χ2v) is 4.66. The van der Waals surface area contributed by atoms with E-state index in [-0.39, 0.29) is 22.6 Å². The molecule has 2 N–H and O–H groups in total. The lowest BCUT2D eigenvalue weighted by molar-refractivity contribution is -0.137. The quantitative estimate of drug-likeness (QED) is 0.866. The van der Waals surface area contributed by atoms with Crippen LogP contribution in [-0.4, -0.2) is 24.9 Å². The zero-order chi connectivity index (χ0) is 15.8. The number of carbonyl (C=O) groups excluding carboxylic acids is 1. The number of benzene rings is 1. The van der Waals surface area contributed by atoms with E-state index in [0.717, 1.165) is 12.1 Å². The second-order valence-electron chi connectivity index (χ2n) is 4.66. The van der Waals surface area contributed by atoms with E-state index in [1.54, 1.807) is 0 Å². The molecule has 0 bridgehead atoms. The molecule has 0 radical (unpaired) electrons. The maximum atomic E-state index is 13.1. The summed E-state index contributed by atoms with van der Waals surface area (Å²) in [4.78, 5) is 13.2. The third kappa shape index (κ3) is 2.86. The van der Waals surface area contributed by atoms with Crippen LogP contribution in [0.2, 0.25) is 0 Å². The minimum atomic E-state index is -4.60. The number of halogens is 3. The Morgan fingerprint density at radius 3 is 2.43 bits per heavy atom. The highest BCUT2D eigenvalue weighted by Crippen LogP contribution is 2.39. The van der Waals surface area contributed by atoms with E-state index in [0.29, 0.717) is 0 Å². The van der Waals surface area contributed by atoms with E-state index in [2.05, 4.69) is 0 Å². The lowest BCUT2D eigenvalue weighted by atomic mass is 9.99. The van der Waals surface area contributed by atoms with E-state index < -0.39 is 17.6 Å². The largest absolute Gasteiger partial charge is 0.464 e. The summed E-state index contributed by atoms with van der Waals surface area (Å²) in [6, 6.07) is 4.73. The van der Waals surface area contributed by atoms with Crippen LogP contribution in [0.3, 0.4) is 0 Å². The molecule has 1 aromatic carbocycles. The number of hydrogen-bond acceptors (Lipinski definition) is 3. The molecule has 0 saturated heterocycles. The Balaban J connectivity index is 2.70. The van der Waals surface area contributed by atoms with Gasteiger partial charge < -0.3 is 15.1 Å². The van der Waals surface area contributed by atoms with Gasteiger partial charge in [0.25, 0.3) is 5.91 Å². The Morgan fingerprint density at radius 2 is 1.95 bits per heavy atom. The van der Waals surface area contributed by atoms with Crippen molar-refractivity contribution in [3.05, 3.63) is 41.7 Å². The number of amides is 1. The first-order valence-electron chi connectivity index (χ1n) is 5.98. The monoisotopic (exact) mass is 298 g/mol.